The summed E-state index contributed by atoms with van der Waals surface area (Å²) in [4.78, 5) is 57.2. The minimum atomic E-state index is -0.390. The van der Waals surface area contributed by atoms with Crippen LogP contribution >= 0.6 is 0 Å². The van der Waals surface area contributed by atoms with Gasteiger partial charge in [0.2, 0.25) is 24.1 Å². The predicted octanol–water partition coefficient (Wildman–Crippen LogP) is 5.49. The molecular formula is C36H67N5O4. The van der Waals surface area contributed by atoms with Crippen molar-refractivity contribution in [2.45, 2.75) is 138 Å². The molecule has 3 saturated heterocycles. The Bertz CT molecular complexity index is 902. The standard InChI is InChI=1S/C24H40N4O4.C8H17N.C4H10/c1-18(2)21(26(4)22(30)16-25-17-29)15-19(3)23(31)28-14-10-11-20(28)24(32)27-12-8-6-5-7-9-13-27;1-8(2)9-6-4-3-5-7-9;1-4(2)3/h15,17-18,20-21H,5-14,16H2,1-4H3,(H,25,29);8H,3-7H2,1-2H3;4H,1-3H3/b19-15+;;/t20-,21+;;/m0../s1. The van der Waals surface area contributed by atoms with Gasteiger partial charge in [0.25, 0.3) is 0 Å². The molecule has 9 nitrogen and oxygen atoms in total. The Hall–Kier alpha value is -2.42. The molecule has 3 heterocycles. The molecule has 0 saturated carbocycles. The van der Waals surface area contributed by atoms with Crippen LogP contribution in [0.4, 0.5) is 0 Å². The third-order valence-corrected chi connectivity index (χ3v) is 8.71. The lowest BCUT2D eigenvalue weighted by Gasteiger charge is -2.32. The molecule has 3 aliphatic heterocycles. The largest absolute Gasteiger partial charge is 0.350 e. The highest BCUT2D eigenvalue weighted by molar-refractivity contribution is 5.97. The quantitative estimate of drug-likeness (QED) is 0.268. The van der Waals surface area contributed by atoms with Gasteiger partial charge in [-0.1, -0.05) is 66.4 Å². The average molecular weight is 634 g/mol. The fourth-order valence-electron chi connectivity index (χ4n) is 6.11. The molecule has 0 bridgehead atoms. The first-order valence-electron chi connectivity index (χ1n) is 17.8. The predicted molar refractivity (Wildman–Crippen MR) is 185 cm³/mol. The van der Waals surface area contributed by atoms with Crippen molar-refractivity contribution in [1.82, 2.24) is 24.9 Å². The molecule has 0 spiro atoms. The number of amides is 4. The van der Waals surface area contributed by atoms with Crippen LogP contribution in [0.5, 0.6) is 0 Å². The van der Waals surface area contributed by atoms with E-state index in [4.69, 9.17) is 0 Å². The average Bonchev–Trinajstić information content (AvgIpc) is 3.47. The number of hydrogen-bond acceptors (Lipinski definition) is 5. The van der Waals surface area contributed by atoms with E-state index in [0.717, 1.165) is 57.2 Å². The van der Waals surface area contributed by atoms with Gasteiger partial charge >= 0.3 is 0 Å². The molecule has 260 valence electrons. The lowest BCUT2D eigenvalue weighted by molar-refractivity contribution is -0.142. The summed E-state index contributed by atoms with van der Waals surface area (Å²) in [5.74, 6) is 0.641. The zero-order chi connectivity index (χ0) is 33.9. The van der Waals surface area contributed by atoms with Crippen LogP contribution in [0, 0.1) is 11.8 Å². The summed E-state index contributed by atoms with van der Waals surface area (Å²) < 4.78 is 0. The zero-order valence-electron chi connectivity index (χ0n) is 30.3. The Morgan fingerprint density at radius 3 is 1.80 bits per heavy atom. The van der Waals surface area contributed by atoms with Crippen LogP contribution in [0.3, 0.4) is 0 Å². The number of carbonyl (C=O) groups excluding carboxylic acids is 4. The molecule has 0 aliphatic carbocycles. The maximum absolute atomic E-state index is 13.3. The smallest absolute Gasteiger partial charge is 0.249 e. The van der Waals surface area contributed by atoms with E-state index in [1.165, 1.54) is 38.8 Å². The Kier molecular flexibility index (Phi) is 20.0. The lowest BCUT2D eigenvalue weighted by atomic mass is 9.99. The molecule has 1 N–H and O–H groups in total. The van der Waals surface area contributed by atoms with Crippen LogP contribution in [0.25, 0.3) is 0 Å². The van der Waals surface area contributed by atoms with Gasteiger partial charge in [0.15, 0.2) is 0 Å². The number of likely N-dealkylation sites (N-methyl/N-ethyl adjacent to an activating group) is 1. The maximum Gasteiger partial charge on any atom is 0.249 e. The van der Waals surface area contributed by atoms with Gasteiger partial charge in [-0.05, 0) is 84.2 Å². The van der Waals surface area contributed by atoms with Crippen LogP contribution < -0.4 is 5.32 Å². The normalized spacial score (nSPS) is 20.4. The molecule has 0 radical (unpaired) electrons. The third-order valence-electron chi connectivity index (χ3n) is 8.71. The van der Waals surface area contributed by atoms with Crippen molar-refractivity contribution in [2.24, 2.45) is 11.8 Å². The highest BCUT2D eigenvalue weighted by atomic mass is 16.2. The fourth-order valence-corrected chi connectivity index (χ4v) is 6.11. The first-order chi connectivity index (χ1) is 21.3. The first kappa shape index (κ1) is 40.6. The van der Waals surface area contributed by atoms with Crippen LogP contribution in [0.2, 0.25) is 0 Å². The van der Waals surface area contributed by atoms with Crippen molar-refractivity contribution in [3.63, 3.8) is 0 Å². The van der Waals surface area contributed by atoms with Crippen molar-refractivity contribution in [3.8, 4) is 0 Å². The number of carbonyl (C=O) groups is 4. The molecule has 9 heteroatoms. The SMILES string of the molecule is C/C(=C\[C@H](C(C)C)N(C)C(=O)CNC=O)C(=O)N1CCC[C@H]1C(=O)N1CCCCCCC1.CC(C)C.CC(C)N1CCCCC1. The molecule has 3 aliphatic rings. The van der Waals surface area contributed by atoms with Gasteiger partial charge in [0, 0.05) is 38.3 Å². The van der Waals surface area contributed by atoms with Gasteiger partial charge in [-0.3, -0.25) is 19.2 Å². The van der Waals surface area contributed by atoms with Gasteiger partial charge in [-0.25, -0.2) is 0 Å². The third kappa shape index (κ3) is 15.1. The molecule has 0 aromatic carbocycles. The topological polar surface area (TPSA) is 93.3 Å². The summed E-state index contributed by atoms with van der Waals surface area (Å²) in [5.41, 5.74) is 0.541. The first-order valence-corrected chi connectivity index (χ1v) is 17.8. The number of nitrogens with zero attached hydrogens (tertiary/aromatic N) is 4. The minimum absolute atomic E-state index is 0.0808. The van der Waals surface area contributed by atoms with E-state index in [9.17, 15) is 19.2 Å². The second-order valence-electron chi connectivity index (χ2n) is 14.3. The zero-order valence-corrected chi connectivity index (χ0v) is 30.3. The van der Waals surface area contributed by atoms with Gasteiger partial charge in [0.05, 0.1) is 12.6 Å². The Morgan fingerprint density at radius 2 is 1.31 bits per heavy atom. The molecule has 3 rings (SSSR count). The molecular weight excluding hydrogens is 566 g/mol. The van der Waals surface area contributed by atoms with Gasteiger partial charge in [-0.2, -0.15) is 0 Å². The van der Waals surface area contributed by atoms with E-state index < -0.39 is 0 Å². The summed E-state index contributed by atoms with van der Waals surface area (Å²) in [6, 6.07) is 0.0928. The number of nitrogens with one attached hydrogen (secondary N) is 1. The molecule has 0 unspecified atom stereocenters. The van der Waals surface area contributed by atoms with E-state index in [2.05, 4.69) is 44.8 Å². The number of piperidine rings is 1. The van der Waals surface area contributed by atoms with Crippen LogP contribution in [-0.2, 0) is 19.2 Å². The van der Waals surface area contributed by atoms with Crippen LogP contribution in [0.1, 0.15) is 120 Å². The summed E-state index contributed by atoms with van der Waals surface area (Å²) in [6.07, 6.45) is 13.7. The van der Waals surface area contributed by atoms with Crippen molar-refractivity contribution in [1.29, 1.82) is 0 Å². The fraction of sp³-hybridized carbons (Fsp3) is 0.833. The monoisotopic (exact) mass is 634 g/mol. The molecule has 45 heavy (non-hydrogen) atoms. The number of hydrogen-bond donors (Lipinski definition) is 1. The van der Waals surface area contributed by atoms with E-state index in [0.29, 0.717) is 24.9 Å². The second kappa shape index (κ2) is 22.2. The van der Waals surface area contributed by atoms with E-state index in [1.54, 1.807) is 23.8 Å². The Labute approximate surface area is 275 Å². The van der Waals surface area contributed by atoms with Gasteiger partial charge in [0.1, 0.15) is 6.04 Å². The molecule has 0 aromatic heterocycles. The summed E-state index contributed by atoms with van der Waals surface area (Å²) in [6.45, 7) is 21.5. The Morgan fingerprint density at radius 1 is 0.800 bits per heavy atom. The molecule has 0 aromatic rings. The van der Waals surface area contributed by atoms with Crippen molar-refractivity contribution in [2.75, 3.05) is 46.3 Å². The van der Waals surface area contributed by atoms with Gasteiger partial charge in [-0.15, -0.1) is 0 Å². The van der Waals surface area contributed by atoms with E-state index >= 15 is 0 Å². The number of rotatable bonds is 9. The van der Waals surface area contributed by atoms with Crippen molar-refractivity contribution in [3.05, 3.63) is 11.6 Å². The molecule has 2 atom stereocenters. The lowest BCUT2D eigenvalue weighted by Crippen LogP contribution is -2.49. The Balaban J connectivity index is 0.000000644. The summed E-state index contributed by atoms with van der Waals surface area (Å²) in [7, 11) is 1.68. The van der Waals surface area contributed by atoms with Crippen LogP contribution in [0.15, 0.2) is 11.6 Å². The second-order valence-corrected chi connectivity index (χ2v) is 14.3. The highest BCUT2D eigenvalue weighted by Crippen LogP contribution is 2.24. The summed E-state index contributed by atoms with van der Waals surface area (Å²) >= 11 is 0. The van der Waals surface area contributed by atoms with E-state index in [1.807, 2.05) is 24.8 Å². The summed E-state index contributed by atoms with van der Waals surface area (Å²) in [5, 5.41) is 2.39. The highest BCUT2D eigenvalue weighted by Gasteiger charge is 2.37. The van der Waals surface area contributed by atoms with Crippen molar-refractivity contribution >= 4 is 24.1 Å². The van der Waals surface area contributed by atoms with Crippen LogP contribution in [-0.4, -0.2) is 108 Å². The molecule has 4 amide bonds. The van der Waals surface area contributed by atoms with Crippen molar-refractivity contribution < 1.29 is 19.2 Å². The van der Waals surface area contributed by atoms with Gasteiger partial charge < -0.3 is 24.9 Å². The molecule has 3 fully saturated rings. The minimum Gasteiger partial charge on any atom is -0.350 e. The van der Waals surface area contributed by atoms with E-state index in [-0.39, 0.29) is 42.3 Å². The number of likely N-dealkylation sites (tertiary alicyclic amines) is 3. The maximum atomic E-state index is 13.3.